The first kappa shape index (κ1) is 13.1. The summed E-state index contributed by atoms with van der Waals surface area (Å²) in [6.45, 7) is 10.0. The second kappa shape index (κ2) is 4.53. The monoisotopic (exact) mass is 208 g/mol. The third-order valence-corrected chi connectivity index (χ3v) is 7.13. The van der Waals surface area contributed by atoms with Crippen molar-refractivity contribution in [3.63, 3.8) is 0 Å². The van der Waals surface area contributed by atoms with Gasteiger partial charge in [-0.15, -0.1) is 0 Å². The second-order valence-electron chi connectivity index (χ2n) is 4.85. The third-order valence-electron chi connectivity index (χ3n) is 2.63. The van der Waals surface area contributed by atoms with Crippen molar-refractivity contribution in [3.8, 4) is 0 Å². The van der Waals surface area contributed by atoms with Gasteiger partial charge >= 0.3 is 0 Å². The lowest BCUT2D eigenvalue weighted by molar-refractivity contribution is 0.116. The van der Waals surface area contributed by atoms with Gasteiger partial charge in [-0.05, 0) is 18.1 Å². The number of aliphatic hydroxyl groups is 1. The lowest BCUT2D eigenvalue weighted by Gasteiger charge is -2.36. The van der Waals surface area contributed by atoms with Gasteiger partial charge in [-0.25, -0.2) is 4.39 Å². The molecule has 2 nitrogen and oxygen atoms in total. The predicted octanol–water partition coefficient (Wildman–Crippen LogP) is 2.34. The molecule has 0 saturated heterocycles. The lowest BCUT2D eigenvalue weighted by Crippen LogP contribution is -2.42. The van der Waals surface area contributed by atoms with E-state index in [-0.39, 0.29) is 11.6 Å². The molecule has 0 aliphatic carbocycles. The molecule has 0 aromatic carbocycles. The second-order valence-corrected chi connectivity index (χ2v) is 9.66. The molecule has 0 aromatic heterocycles. The van der Waals surface area contributed by atoms with Crippen LogP contribution in [0.5, 0.6) is 0 Å². The van der Waals surface area contributed by atoms with E-state index in [0.29, 0.717) is 0 Å². The van der Waals surface area contributed by atoms with E-state index in [9.17, 15) is 4.39 Å². The van der Waals surface area contributed by atoms with Gasteiger partial charge in [0.1, 0.15) is 6.17 Å². The molecule has 80 valence electrons. The highest BCUT2D eigenvalue weighted by Gasteiger charge is 2.37. The summed E-state index contributed by atoms with van der Waals surface area (Å²) < 4.78 is 18.2. The number of rotatable bonds is 4. The minimum absolute atomic E-state index is 0.0208. The molecule has 1 N–H and O–H groups in total. The van der Waals surface area contributed by atoms with E-state index in [2.05, 4.69) is 33.9 Å². The standard InChI is InChI=1S/C9H21FO2Si/c1-9(2,3)13(4,5)12-7-8(10)6-11/h8,11H,6-7H2,1-5H3/t8-/m0/s1. The van der Waals surface area contributed by atoms with Crippen LogP contribution < -0.4 is 0 Å². The highest BCUT2D eigenvalue weighted by atomic mass is 28.4. The summed E-state index contributed by atoms with van der Waals surface area (Å²) in [5, 5.41) is 8.59. The van der Waals surface area contributed by atoms with Crippen LogP contribution in [0.3, 0.4) is 0 Å². The van der Waals surface area contributed by atoms with E-state index >= 15 is 0 Å². The zero-order valence-corrected chi connectivity index (χ0v) is 10.2. The fourth-order valence-electron chi connectivity index (χ4n) is 0.568. The Morgan fingerprint density at radius 2 is 1.85 bits per heavy atom. The molecule has 0 rings (SSSR count). The van der Waals surface area contributed by atoms with Crippen molar-refractivity contribution in [1.82, 2.24) is 0 Å². The van der Waals surface area contributed by atoms with Gasteiger partial charge < -0.3 is 9.53 Å². The predicted molar refractivity (Wildman–Crippen MR) is 55.1 cm³/mol. The van der Waals surface area contributed by atoms with E-state index in [1.807, 2.05) is 0 Å². The fourth-order valence-corrected chi connectivity index (χ4v) is 1.60. The zero-order chi connectivity index (χ0) is 10.7. The van der Waals surface area contributed by atoms with Gasteiger partial charge in [-0.3, -0.25) is 0 Å². The van der Waals surface area contributed by atoms with Crippen LogP contribution in [-0.2, 0) is 4.43 Å². The van der Waals surface area contributed by atoms with Gasteiger partial charge in [-0.2, -0.15) is 0 Å². The number of aliphatic hydroxyl groups excluding tert-OH is 1. The molecular weight excluding hydrogens is 187 g/mol. The Bertz CT molecular complexity index is 154. The van der Waals surface area contributed by atoms with Crippen molar-refractivity contribution in [3.05, 3.63) is 0 Å². The first-order chi connectivity index (χ1) is 5.70. The number of hydrogen-bond donors (Lipinski definition) is 1. The first-order valence-corrected chi connectivity index (χ1v) is 7.50. The van der Waals surface area contributed by atoms with Gasteiger partial charge in [0.15, 0.2) is 8.32 Å². The molecular formula is C9H21FO2Si. The summed E-state index contributed by atoms with van der Waals surface area (Å²) in [4.78, 5) is 0. The zero-order valence-electron chi connectivity index (χ0n) is 9.22. The van der Waals surface area contributed by atoms with Crippen LogP contribution in [0.4, 0.5) is 4.39 Å². The summed E-state index contributed by atoms with van der Waals surface area (Å²) in [5.41, 5.74) is 0. The number of halogens is 1. The molecule has 0 radical (unpaired) electrons. The first-order valence-electron chi connectivity index (χ1n) is 4.59. The average Bonchev–Trinajstić information content (AvgIpc) is 1.98. The Hall–Kier alpha value is 0.0669. The molecule has 0 unspecified atom stereocenters. The van der Waals surface area contributed by atoms with Gasteiger partial charge in [0.25, 0.3) is 0 Å². The van der Waals surface area contributed by atoms with Crippen molar-refractivity contribution < 1.29 is 13.9 Å². The molecule has 13 heavy (non-hydrogen) atoms. The summed E-state index contributed by atoms with van der Waals surface area (Å²) in [6, 6.07) is 0. The smallest absolute Gasteiger partial charge is 0.192 e. The van der Waals surface area contributed by atoms with Gasteiger partial charge in [0.2, 0.25) is 0 Å². The van der Waals surface area contributed by atoms with Gasteiger partial charge in [0.05, 0.1) is 13.2 Å². The summed E-state index contributed by atoms with van der Waals surface area (Å²) in [6.07, 6.45) is -1.24. The Morgan fingerprint density at radius 3 is 2.15 bits per heavy atom. The molecule has 0 heterocycles. The normalized spacial score (nSPS) is 15.9. The topological polar surface area (TPSA) is 29.5 Å². The van der Waals surface area contributed by atoms with Crippen LogP contribution in [0.15, 0.2) is 0 Å². The number of hydrogen-bond acceptors (Lipinski definition) is 2. The van der Waals surface area contributed by atoms with Crippen molar-refractivity contribution in [2.24, 2.45) is 0 Å². The molecule has 0 spiro atoms. The third kappa shape index (κ3) is 4.20. The maximum Gasteiger partial charge on any atom is 0.192 e. The molecule has 0 bridgehead atoms. The highest BCUT2D eigenvalue weighted by Crippen LogP contribution is 2.36. The van der Waals surface area contributed by atoms with E-state index < -0.39 is 21.1 Å². The van der Waals surface area contributed by atoms with E-state index in [1.54, 1.807) is 0 Å². The summed E-state index contributed by atoms with van der Waals surface area (Å²) in [5.74, 6) is 0. The summed E-state index contributed by atoms with van der Waals surface area (Å²) in [7, 11) is -1.84. The Morgan fingerprint density at radius 1 is 1.38 bits per heavy atom. The molecule has 0 fully saturated rings. The van der Waals surface area contributed by atoms with Gasteiger partial charge in [0, 0.05) is 0 Å². The Labute approximate surface area is 81.2 Å². The van der Waals surface area contributed by atoms with Crippen LogP contribution in [0.2, 0.25) is 18.1 Å². The molecule has 1 atom stereocenters. The maximum atomic E-state index is 12.7. The molecule has 0 saturated carbocycles. The molecule has 4 heteroatoms. The quantitative estimate of drug-likeness (QED) is 0.719. The Balaban J connectivity index is 4.04. The minimum Gasteiger partial charge on any atom is -0.414 e. The molecule has 0 aliphatic rings. The molecule has 0 amide bonds. The highest BCUT2D eigenvalue weighted by molar-refractivity contribution is 6.74. The van der Waals surface area contributed by atoms with Crippen molar-refractivity contribution >= 4 is 8.32 Å². The lowest BCUT2D eigenvalue weighted by atomic mass is 10.2. The fraction of sp³-hybridized carbons (Fsp3) is 1.00. The van der Waals surface area contributed by atoms with Crippen LogP contribution in [0.25, 0.3) is 0 Å². The average molecular weight is 208 g/mol. The van der Waals surface area contributed by atoms with E-state index in [0.717, 1.165) is 0 Å². The van der Waals surface area contributed by atoms with Crippen molar-refractivity contribution in [1.29, 1.82) is 0 Å². The van der Waals surface area contributed by atoms with Crippen LogP contribution in [0.1, 0.15) is 20.8 Å². The largest absolute Gasteiger partial charge is 0.414 e. The van der Waals surface area contributed by atoms with Crippen molar-refractivity contribution in [2.75, 3.05) is 13.2 Å². The molecule has 0 aliphatic heterocycles. The maximum absolute atomic E-state index is 12.7. The van der Waals surface area contributed by atoms with Crippen molar-refractivity contribution in [2.45, 2.75) is 45.1 Å². The number of alkyl halides is 1. The Kier molecular flexibility index (Phi) is 4.55. The van der Waals surface area contributed by atoms with Crippen LogP contribution in [-0.4, -0.2) is 32.8 Å². The van der Waals surface area contributed by atoms with E-state index in [1.165, 1.54) is 0 Å². The summed E-state index contributed by atoms with van der Waals surface area (Å²) >= 11 is 0. The SMILES string of the molecule is CC(C)(C)[Si](C)(C)OC[C@@H](F)CO. The van der Waals surface area contributed by atoms with Gasteiger partial charge in [-0.1, -0.05) is 20.8 Å². The van der Waals surface area contributed by atoms with Crippen LogP contribution >= 0.6 is 0 Å². The minimum atomic E-state index is -1.84. The van der Waals surface area contributed by atoms with Crippen LogP contribution in [0, 0.1) is 0 Å². The molecule has 0 aromatic rings. The van der Waals surface area contributed by atoms with E-state index in [4.69, 9.17) is 9.53 Å².